The number of hydrogen-bond acceptors (Lipinski definition) is 6. The quantitative estimate of drug-likeness (QED) is 0.0261. The third kappa shape index (κ3) is 65.8. The van der Waals surface area contributed by atoms with Gasteiger partial charge >= 0.3 is 17.9 Å². The van der Waals surface area contributed by atoms with Gasteiger partial charge in [-0.05, 0) is 64.2 Å². The average Bonchev–Trinajstić information content (AvgIpc) is 3.45. The summed E-state index contributed by atoms with van der Waals surface area (Å²) in [5.74, 6) is -0.842. The number of hydrogen-bond donors (Lipinski definition) is 0. The maximum absolute atomic E-state index is 12.9. The number of allylic oxidation sites excluding steroid dienone is 10. The van der Waals surface area contributed by atoms with Crippen LogP contribution in [0.3, 0.4) is 0 Å². The van der Waals surface area contributed by atoms with Gasteiger partial charge in [0.25, 0.3) is 0 Å². The topological polar surface area (TPSA) is 78.9 Å². The number of unbranched alkanes of at least 4 members (excludes halogenated alkanes) is 43. The Morgan fingerprint density at radius 1 is 0.266 bits per heavy atom. The van der Waals surface area contributed by atoms with E-state index in [0.717, 1.165) is 89.9 Å². The highest BCUT2D eigenvalue weighted by atomic mass is 16.6. The fourth-order valence-electron chi connectivity index (χ4n) is 10.4. The second-order valence-corrected chi connectivity index (χ2v) is 23.4. The molecule has 1 atom stereocenters. The highest BCUT2D eigenvalue weighted by molar-refractivity contribution is 5.71. The first-order valence-electron chi connectivity index (χ1n) is 34.8. The molecule has 0 amide bonds. The number of esters is 3. The molecule has 6 nitrogen and oxygen atoms in total. The van der Waals surface area contributed by atoms with Gasteiger partial charge in [-0.3, -0.25) is 14.4 Å². The standard InChI is InChI=1S/C73H132O6/c1-4-7-10-13-16-19-22-25-27-29-31-32-33-34-35-36-37-38-39-40-42-43-45-48-51-54-57-60-63-66-72(75)78-69-70(68-77-71(74)65-62-59-56-53-50-47-24-21-18-15-12-9-6-3)79-73(76)67-64-61-58-55-52-49-46-44-41-30-28-26-23-20-17-14-11-8-5-2/h7,10,16,19,25,27,31-32,34-35,70H,4-6,8-9,11-15,17-18,20-24,26,28-30,33,36-69H2,1-3H3/b10-7-,19-16-,27-25-,32-31-,35-34-. The van der Waals surface area contributed by atoms with Crippen molar-refractivity contribution >= 4 is 17.9 Å². The fraction of sp³-hybridized carbons (Fsp3) is 0.822. The van der Waals surface area contributed by atoms with E-state index in [1.165, 1.54) is 238 Å². The van der Waals surface area contributed by atoms with E-state index in [1.807, 2.05) is 0 Å². The molecule has 0 bridgehead atoms. The molecule has 0 aliphatic heterocycles. The summed E-state index contributed by atoms with van der Waals surface area (Å²) in [5.41, 5.74) is 0. The van der Waals surface area contributed by atoms with Crippen molar-refractivity contribution in [2.45, 2.75) is 374 Å². The molecule has 0 radical (unpaired) electrons. The lowest BCUT2D eigenvalue weighted by atomic mass is 10.0. The molecule has 460 valence electrons. The van der Waals surface area contributed by atoms with Crippen LogP contribution in [0.5, 0.6) is 0 Å². The summed E-state index contributed by atoms with van der Waals surface area (Å²) < 4.78 is 17.0. The van der Waals surface area contributed by atoms with Crippen molar-refractivity contribution in [3.8, 4) is 0 Å². The van der Waals surface area contributed by atoms with Crippen LogP contribution in [0, 0.1) is 0 Å². The molecule has 0 spiro atoms. The van der Waals surface area contributed by atoms with E-state index < -0.39 is 6.10 Å². The molecule has 0 heterocycles. The van der Waals surface area contributed by atoms with Crippen LogP contribution < -0.4 is 0 Å². The summed E-state index contributed by atoms with van der Waals surface area (Å²) >= 11 is 0. The molecular weight excluding hydrogens is 973 g/mol. The molecule has 0 fully saturated rings. The Labute approximate surface area is 491 Å². The van der Waals surface area contributed by atoms with Crippen LogP contribution in [0.1, 0.15) is 367 Å². The van der Waals surface area contributed by atoms with E-state index in [1.54, 1.807) is 0 Å². The van der Waals surface area contributed by atoms with E-state index in [-0.39, 0.29) is 31.1 Å². The zero-order valence-electron chi connectivity index (χ0n) is 52.9. The van der Waals surface area contributed by atoms with Crippen molar-refractivity contribution in [3.05, 3.63) is 60.8 Å². The maximum atomic E-state index is 12.9. The van der Waals surface area contributed by atoms with Crippen LogP contribution in [0.4, 0.5) is 0 Å². The van der Waals surface area contributed by atoms with Gasteiger partial charge in [0.1, 0.15) is 13.2 Å². The van der Waals surface area contributed by atoms with Gasteiger partial charge in [0.2, 0.25) is 0 Å². The van der Waals surface area contributed by atoms with Crippen LogP contribution in [0.25, 0.3) is 0 Å². The summed E-state index contributed by atoms with van der Waals surface area (Å²) in [6, 6.07) is 0. The molecule has 1 unspecified atom stereocenters. The number of ether oxygens (including phenoxy) is 3. The van der Waals surface area contributed by atoms with Crippen molar-refractivity contribution in [2.24, 2.45) is 0 Å². The summed E-state index contributed by atoms with van der Waals surface area (Å²) in [5, 5.41) is 0. The predicted octanol–water partition coefficient (Wildman–Crippen LogP) is 23.9. The highest BCUT2D eigenvalue weighted by Crippen LogP contribution is 2.18. The zero-order chi connectivity index (χ0) is 57.1. The molecule has 0 aromatic rings. The largest absolute Gasteiger partial charge is 0.462 e. The molecule has 0 rings (SSSR count). The van der Waals surface area contributed by atoms with Crippen LogP contribution in [-0.2, 0) is 28.6 Å². The SMILES string of the molecule is CC/C=C\C/C=C\C/C=C\C/C=C\C/C=C\CCCCCCCCCCCCCCCC(=O)OCC(COC(=O)CCCCCCCCCCCCCCC)OC(=O)CCCCCCCCCCCCCCCCCCCCC. The van der Waals surface area contributed by atoms with Gasteiger partial charge in [-0.2, -0.15) is 0 Å². The molecular formula is C73H132O6. The second-order valence-electron chi connectivity index (χ2n) is 23.4. The Kier molecular flexibility index (Phi) is 65.1. The molecule has 0 aliphatic rings. The third-order valence-corrected chi connectivity index (χ3v) is 15.5. The minimum atomic E-state index is -0.771. The monoisotopic (exact) mass is 1110 g/mol. The van der Waals surface area contributed by atoms with Crippen LogP contribution in [-0.4, -0.2) is 37.2 Å². The Morgan fingerprint density at radius 3 is 0.772 bits per heavy atom. The second kappa shape index (κ2) is 67.6. The number of carbonyl (C=O) groups excluding carboxylic acids is 3. The Balaban J connectivity index is 4.22. The normalized spacial score (nSPS) is 12.4. The molecule has 79 heavy (non-hydrogen) atoms. The predicted molar refractivity (Wildman–Crippen MR) is 344 cm³/mol. The molecule has 0 N–H and O–H groups in total. The molecule has 6 heteroatoms. The lowest BCUT2D eigenvalue weighted by Gasteiger charge is -2.18. The van der Waals surface area contributed by atoms with Gasteiger partial charge < -0.3 is 14.2 Å². The van der Waals surface area contributed by atoms with E-state index in [9.17, 15) is 14.4 Å². The summed E-state index contributed by atoms with van der Waals surface area (Å²) in [4.78, 5) is 38.4. The first-order chi connectivity index (χ1) is 39.0. The Morgan fingerprint density at radius 2 is 0.494 bits per heavy atom. The number of carbonyl (C=O) groups is 3. The average molecular weight is 1110 g/mol. The van der Waals surface area contributed by atoms with E-state index >= 15 is 0 Å². The molecule has 0 aromatic heterocycles. The summed E-state index contributed by atoms with van der Waals surface area (Å²) in [6.45, 7) is 6.59. The minimum Gasteiger partial charge on any atom is -0.462 e. The Hall–Kier alpha value is -2.89. The first kappa shape index (κ1) is 76.1. The maximum Gasteiger partial charge on any atom is 0.306 e. The first-order valence-corrected chi connectivity index (χ1v) is 34.8. The van der Waals surface area contributed by atoms with Crippen molar-refractivity contribution < 1.29 is 28.6 Å². The number of rotatable bonds is 64. The summed E-state index contributed by atoms with van der Waals surface area (Å²) in [7, 11) is 0. The van der Waals surface area contributed by atoms with Crippen molar-refractivity contribution in [3.63, 3.8) is 0 Å². The zero-order valence-corrected chi connectivity index (χ0v) is 52.9. The molecule has 0 saturated carbocycles. The van der Waals surface area contributed by atoms with Gasteiger partial charge in [0, 0.05) is 19.3 Å². The van der Waals surface area contributed by atoms with Crippen molar-refractivity contribution in [2.75, 3.05) is 13.2 Å². The smallest absolute Gasteiger partial charge is 0.306 e. The molecule has 0 aliphatic carbocycles. The van der Waals surface area contributed by atoms with E-state index in [4.69, 9.17) is 14.2 Å². The molecule has 0 aromatic carbocycles. The van der Waals surface area contributed by atoms with Crippen LogP contribution >= 0.6 is 0 Å². The Bertz CT molecular complexity index is 1410. The highest BCUT2D eigenvalue weighted by Gasteiger charge is 2.19. The summed E-state index contributed by atoms with van der Waals surface area (Å²) in [6.07, 6.45) is 86.7. The van der Waals surface area contributed by atoms with Gasteiger partial charge in [0.05, 0.1) is 0 Å². The van der Waals surface area contributed by atoms with Gasteiger partial charge in [0.15, 0.2) is 6.10 Å². The van der Waals surface area contributed by atoms with Gasteiger partial charge in [-0.1, -0.05) is 345 Å². The fourth-order valence-corrected chi connectivity index (χ4v) is 10.4. The lowest BCUT2D eigenvalue weighted by molar-refractivity contribution is -0.167. The lowest BCUT2D eigenvalue weighted by Crippen LogP contribution is -2.30. The van der Waals surface area contributed by atoms with Crippen LogP contribution in [0.2, 0.25) is 0 Å². The minimum absolute atomic E-state index is 0.0675. The van der Waals surface area contributed by atoms with Gasteiger partial charge in [-0.15, -0.1) is 0 Å². The van der Waals surface area contributed by atoms with Gasteiger partial charge in [-0.25, -0.2) is 0 Å². The van der Waals surface area contributed by atoms with E-state index in [0.29, 0.717) is 19.3 Å². The third-order valence-electron chi connectivity index (χ3n) is 15.5. The van der Waals surface area contributed by atoms with Crippen molar-refractivity contribution in [1.82, 2.24) is 0 Å². The molecule has 0 saturated heterocycles. The van der Waals surface area contributed by atoms with E-state index in [2.05, 4.69) is 81.5 Å². The van der Waals surface area contributed by atoms with Crippen molar-refractivity contribution in [1.29, 1.82) is 0 Å². The van der Waals surface area contributed by atoms with Crippen LogP contribution in [0.15, 0.2) is 60.8 Å².